The average molecular weight is 305 g/mol. The molecule has 120 valence electrons. The maximum absolute atomic E-state index is 12.5. The summed E-state index contributed by atoms with van der Waals surface area (Å²) in [6.07, 6.45) is 2.92. The van der Waals surface area contributed by atoms with Crippen LogP contribution in [0.3, 0.4) is 0 Å². The zero-order valence-corrected chi connectivity index (χ0v) is 13.8. The van der Waals surface area contributed by atoms with Crippen LogP contribution in [0.15, 0.2) is 10.7 Å². The van der Waals surface area contributed by atoms with Gasteiger partial charge in [-0.25, -0.2) is 9.97 Å². The fourth-order valence-electron chi connectivity index (χ4n) is 2.36. The number of carbonyl (C=O) groups excluding carboxylic acids is 1. The van der Waals surface area contributed by atoms with Gasteiger partial charge in [-0.2, -0.15) is 5.10 Å². The first-order valence-corrected chi connectivity index (χ1v) is 7.53. The minimum absolute atomic E-state index is 0.213. The van der Waals surface area contributed by atoms with Gasteiger partial charge in [0.15, 0.2) is 5.89 Å². The van der Waals surface area contributed by atoms with E-state index in [2.05, 4.69) is 34.2 Å². The lowest BCUT2D eigenvalue weighted by Crippen LogP contribution is -2.31. The molecule has 2 aromatic heterocycles. The predicted octanol–water partition coefficient (Wildman–Crippen LogP) is 2.19. The average Bonchev–Trinajstić information content (AvgIpc) is 3.03. The van der Waals surface area contributed by atoms with Crippen LogP contribution in [0.25, 0.3) is 0 Å². The molecular weight excluding hydrogens is 282 g/mol. The maximum Gasteiger partial charge on any atom is 0.289 e. The van der Waals surface area contributed by atoms with Gasteiger partial charge in [-0.15, -0.1) is 0 Å². The number of carbonyl (C=O) groups is 1. The molecule has 1 N–H and O–H groups in total. The normalized spacial score (nSPS) is 12.6. The summed E-state index contributed by atoms with van der Waals surface area (Å²) in [4.78, 5) is 21.0. The molecule has 2 aromatic rings. The molecule has 0 aliphatic rings. The number of hydrogen-bond donors (Lipinski definition) is 1. The number of nitrogens with one attached hydrogen (secondary N) is 1. The minimum Gasteiger partial charge on any atom is -0.435 e. The summed E-state index contributed by atoms with van der Waals surface area (Å²) in [5, 5.41) is 7.07. The van der Waals surface area contributed by atoms with Crippen molar-refractivity contribution in [3.8, 4) is 0 Å². The fraction of sp³-hybridized carbons (Fsp3) is 0.600. The second-order valence-corrected chi connectivity index (χ2v) is 5.77. The summed E-state index contributed by atoms with van der Waals surface area (Å²) in [5.41, 5.74) is 0.607. The molecule has 1 atom stereocenters. The number of amides is 1. The third-order valence-electron chi connectivity index (χ3n) is 3.42. The second-order valence-electron chi connectivity index (χ2n) is 5.77. The third-order valence-corrected chi connectivity index (χ3v) is 3.42. The Morgan fingerprint density at radius 1 is 1.45 bits per heavy atom. The van der Waals surface area contributed by atoms with Crippen molar-refractivity contribution in [3.05, 3.63) is 29.5 Å². The summed E-state index contributed by atoms with van der Waals surface area (Å²) in [7, 11) is 1.82. The van der Waals surface area contributed by atoms with Gasteiger partial charge in [0.25, 0.3) is 5.91 Å². The van der Waals surface area contributed by atoms with Crippen LogP contribution in [-0.4, -0.2) is 25.7 Å². The van der Waals surface area contributed by atoms with E-state index in [9.17, 15) is 4.79 Å². The first kappa shape index (κ1) is 16.2. The highest BCUT2D eigenvalue weighted by Gasteiger charge is 2.24. The van der Waals surface area contributed by atoms with Crippen molar-refractivity contribution in [2.45, 2.75) is 46.6 Å². The molecule has 22 heavy (non-hydrogen) atoms. The Balaban J connectivity index is 2.21. The van der Waals surface area contributed by atoms with Crippen LogP contribution in [0.4, 0.5) is 0 Å². The van der Waals surface area contributed by atoms with Crippen LogP contribution in [0.5, 0.6) is 0 Å². The van der Waals surface area contributed by atoms with E-state index in [0.717, 1.165) is 12.2 Å². The van der Waals surface area contributed by atoms with Crippen LogP contribution in [-0.2, 0) is 13.5 Å². The molecule has 0 saturated carbocycles. The minimum atomic E-state index is -0.265. The highest BCUT2D eigenvalue weighted by atomic mass is 16.4. The highest BCUT2D eigenvalue weighted by molar-refractivity contribution is 5.92. The molecule has 0 aromatic carbocycles. The van der Waals surface area contributed by atoms with Crippen molar-refractivity contribution < 1.29 is 9.21 Å². The molecule has 0 saturated heterocycles. The SMILES string of the molecule is CCc1nc(C)c(C(=O)NC(CC(C)C)c2ncnn2C)o1. The van der Waals surface area contributed by atoms with Crippen molar-refractivity contribution in [1.82, 2.24) is 25.1 Å². The third kappa shape index (κ3) is 3.52. The van der Waals surface area contributed by atoms with Crippen LogP contribution < -0.4 is 5.32 Å². The predicted molar refractivity (Wildman–Crippen MR) is 81.3 cm³/mol. The van der Waals surface area contributed by atoms with E-state index in [1.54, 1.807) is 11.6 Å². The van der Waals surface area contributed by atoms with Crippen molar-refractivity contribution in [1.29, 1.82) is 0 Å². The van der Waals surface area contributed by atoms with Gasteiger partial charge >= 0.3 is 0 Å². The fourth-order valence-corrected chi connectivity index (χ4v) is 2.36. The lowest BCUT2D eigenvalue weighted by Gasteiger charge is -2.19. The summed E-state index contributed by atoms with van der Waals surface area (Å²) in [5.74, 6) is 1.71. The molecular formula is C15H23N5O2. The lowest BCUT2D eigenvalue weighted by molar-refractivity contribution is 0.0898. The van der Waals surface area contributed by atoms with E-state index >= 15 is 0 Å². The Kier molecular flexibility index (Phi) is 4.95. The summed E-state index contributed by atoms with van der Waals surface area (Å²) in [6, 6.07) is -0.213. The van der Waals surface area contributed by atoms with Crippen LogP contribution in [0.2, 0.25) is 0 Å². The molecule has 1 amide bonds. The van der Waals surface area contributed by atoms with Gasteiger partial charge in [0.05, 0.1) is 11.7 Å². The molecule has 1 unspecified atom stereocenters. The van der Waals surface area contributed by atoms with Crippen molar-refractivity contribution >= 4 is 5.91 Å². The molecule has 0 aliphatic heterocycles. The maximum atomic E-state index is 12.5. The molecule has 0 spiro atoms. The Labute approximate surface area is 130 Å². The largest absolute Gasteiger partial charge is 0.435 e. The first-order chi connectivity index (χ1) is 10.4. The van der Waals surface area contributed by atoms with Gasteiger partial charge in [-0.3, -0.25) is 9.48 Å². The van der Waals surface area contributed by atoms with Crippen molar-refractivity contribution in [3.63, 3.8) is 0 Å². The number of nitrogens with zero attached hydrogens (tertiary/aromatic N) is 4. The standard InChI is InChI=1S/C15H23N5O2/c1-6-12-18-10(4)13(22-12)15(21)19-11(7-9(2)3)14-16-8-17-20(14)5/h8-9,11H,6-7H2,1-5H3,(H,19,21). The van der Waals surface area contributed by atoms with E-state index in [1.807, 2.05) is 14.0 Å². The van der Waals surface area contributed by atoms with Gasteiger partial charge in [0.1, 0.15) is 12.2 Å². The van der Waals surface area contributed by atoms with E-state index in [1.165, 1.54) is 6.33 Å². The van der Waals surface area contributed by atoms with E-state index in [4.69, 9.17) is 4.42 Å². The number of oxazole rings is 1. The number of aromatic nitrogens is 4. The summed E-state index contributed by atoms with van der Waals surface area (Å²) < 4.78 is 7.19. The Morgan fingerprint density at radius 3 is 2.68 bits per heavy atom. The van der Waals surface area contributed by atoms with Crippen molar-refractivity contribution in [2.75, 3.05) is 0 Å². The molecule has 7 nitrogen and oxygen atoms in total. The van der Waals surface area contributed by atoms with Gasteiger partial charge in [-0.05, 0) is 19.3 Å². The molecule has 0 aliphatic carbocycles. The quantitative estimate of drug-likeness (QED) is 0.884. The molecule has 7 heteroatoms. The van der Waals surface area contributed by atoms with Crippen LogP contribution in [0.1, 0.15) is 61.2 Å². The highest BCUT2D eigenvalue weighted by Crippen LogP contribution is 2.20. The Morgan fingerprint density at radius 2 is 2.18 bits per heavy atom. The van der Waals surface area contributed by atoms with Gasteiger partial charge in [0.2, 0.25) is 5.76 Å². The second kappa shape index (κ2) is 6.72. The summed E-state index contributed by atoms with van der Waals surface area (Å²) >= 11 is 0. The first-order valence-electron chi connectivity index (χ1n) is 7.53. The van der Waals surface area contributed by atoms with Crippen LogP contribution >= 0.6 is 0 Å². The zero-order chi connectivity index (χ0) is 16.3. The Bertz CT molecular complexity index is 644. The van der Waals surface area contributed by atoms with Gasteiger partial charge < -0.3 is 9.73 Å². The molecule has 0 bridgehead atoms. The number of rotatable bonds is 6. The molecule has 0 radical (unpaired) electrons. The molecule has 0 fully saturated rings. The van der Waals surface area contributed by atoms with E-state index in [-0.39, 0.29) is 17.7 Å². The lowest BCUT2D eigenvalue weighted by atomic mass is 10.0. The van der Waals surface area contributed by atoms with Gasteiger partial charge in [0, 0.05) is 13.5 Å². The monoisotopic (exact) mass is 305 g/mol. The molecule has 2 heterocycles. The Hall–Kier alpha value is -2.18. The van der Waals surface area contributed by atoms with E-state index < -0.39 is 0 Å². The number of hydrogen-bond acceptors (Lipinski definition) is 5. The smallest absolute Gasteiger partial charge is 0.289 e. The summed E-state index contributed by atoms with van der Waals surface area (Å²) in [6.45, 7) is 7.92. The zero-order valence-electron chi connectivity index (χ0n) is 13.8. The van der Waals surface area contributed by atoms with Gasteiger partial charge in [-0.1, -0.05) is 20.8 Å². The van der Waals surface area contributed by atoms with Crippen molar-refractivity contribution in [2.24, 2.45) is 13.0 Å². The van der Waals surface area contributed by atoms with Crippen LogP contribution in [0, 0.1) is 12.8 Å². The molecule has 2 rings (SSSR count). The van der Waals surface area contributed by atoms with E-state index in [0.29, 0.717) is 23.9 Å². The number of aryl methyl sites for hydroxylation is 3. The topological polar surface area (TPSA) is 85.8 Å².